The van der Waals surface area contributed by atoms with E-state index in [0.29, 0.717) is 28.9 Å². The van der Waals surface area contributed by atoms with Crippen LogP contribution in [0.25, 0.3) is 0 Å². The van der Waals surface area contributed by atoms with Gasteiger partial charge in [0, 0.05) is 28.1 Å². The molecule has 2 N–H and O–H groups in total. The summed E-state index contributed by atoms with van der Waals surface area (Å²) in [6.07, 6.45) is 0.531. The molecule has 1 amide bonds. The number of nitrogens with zero attached hydrogens (tertiary/aromatic N) is 1. The summed E-state index contributed by atoms with van der Waals surface area (Å²) in [6, 6.07) is 12.6. The number of aryl methyl sites for hydroxylation is 1. The van der Waals surface area contributed by atoms with Crippen LogP contribution in [0.3, 0.4) is 0 Å². The molecule has 3 aromatic rings. The molecule has 0 saturated heterocycles. The standard InChI is InChI=1S/C22H25N3O3S3/c1-4-12-31(27,28)25-20-7-5-6-19(16(20)3)24-21(26)18-10-8-17(9-11-18)14-30-22-23-15(2)13-29-22/h5-11,13,25H,4,12,14H2,1-3H3,(H,24,26). The van der Waals surface area contributed by atoms with E-state index in [2.05, 4.69) is 15.0 Å². The SMILES string of the molecule is CCCS(=O)(=O)Nc1cccc(NC(=O)c2ccc(CSc3nc(C)cs3)cc2)c1C. The largest absolute Gasteiger partial charge is 0.322 e. The predicted octanol–water partition coefficient (Wildman–Crippen LogP) is 5.46. The number of carbonyl (C=O) groups excluding carboxylic acids is 1. The highest BCUT2D eigenvalue weighted by molar-refractivity contribution is 8.00. The Kier molecular flexibility index (Phi) is 7.74. The molecule has 1 heterocycles. The summed E-state index contributed by atoms with van der Waals surface area (Å²) in [5.41, 5.74) is 4.38. The number of nitrogens with one attached hydrogen (secondary N) is 2. The number of hydrogen-bond donors (Lipinski definition) is 2. The molecule has 0 unspecified atom stereocenters. The van der Waals surface area contributed by atoms with E-state index in [4.69, 9.17) is 0 Å². The molecule has 2 aromatic carbocycles. The molecule has 0 atom stereocenters. The molecule has 0 fully saturated rings. The van der Waals surface area contributed by atoms with Gasteiger partial charge in [-0.3, -0.25) is 9.52 Å². The third-order valence-corrected chi connectivity index (χ3v) is 8.18. The Bertz CT molecular complexity index is 1160. The first-order valence-corrected chi connectivity index (χ1v) is 13.3. The fourth-order valence-electron chi connectivity index (χ4n) is 2.86. The first-order chi connectivity index (χ1) is 14.8. The maximum atomic E-state index is 12.7. The summed E-state index contributed by atoms with van der Waals surface area (Å²) in [5, 5.41) is 4.91. The topological polar surface area (TPSA) is 88.2 Å². The van der Waals surface area contributed by atoms with Crippen molar-refractivity contribution in [2.24, 2.45) is 0 Å². The van der Waals surface area contributed by atoms with Crippen molar-refractivity contribution in [3.8, 4) is 0 Å². The Balaban J connectivity index is 1.65. The number of aromatic nitrogens is 1. The van der Waals surface area contributed by atoms with Gasteiger partial charge in [0.1, 0.15) is 4.34 Å². The minimum absolute atomic E-state index is 0.0514. The number of carbonyl (C=O) groups is 1. The number of anilines is 2. The number of benzene rings is 2. The quantitative estimate of drug-likeness (QED) is 0.402. The summed E-state index contributed by atoms with van der Waals surface area (Å²) in [4.78, 5) is 17.1. The van der Waals surface area contributed by atoms with Gasteiger partial charge in [-0.15, -0.1) is 11.3 Å². The highest BCUT2D eigenvalue weighted by atomic mass is 32.2. The summed E-state index contributed by atoms with van der Waals surface area (Å²) < 4.78 is 27.8. The Hall–Kier alpha value is -2.36. The van der Waals surface area contributed by atoms with Crippen molar-refractivity contribution in [1.82, 2.24) is 4.98 Å². The second-order valence-corrected chi connectivity index (χ2v) is 11.0. The lowest BCUT2D eigenvalue weighted by molar-refractivity contribution is 0.102. The van der Waals surface area contributed by atoms with Crippen molar-refractivity contribution in [1.29, 1.82) is 0 Å². The summed E-state index contributed by atoms with van der Waals surface area (Å²) >= 11 is 3.30. The van der Waals surface area contributed by atoms with Crippen LogP contribution in [-0.2, 0) is 15.8 Å². The van der Waals surface area contributed by atoms with Crippen LogP contribution >= 0.6 is 23.1 Å². The zero-order valence-electron chi connectivity index (χ0n) is 17.6. The van der Waals surface area contributed by atoms with Gasteiger partial charge in [0.05, 0.1) is 11.4 Å². The van der Waals surface area contributed by atoms with E-state index < -0.39 is 10.0 Å². The average Bonchev–Trinajstić information content (AvgIpc) is 3.15. The van der Waals surface area contributed by atoms with E-state index in [1.165, 1.54) is 0 Å². The van der Waals surface area contributed by atoms with Gasteiger partial charge in [-0.05, 0) is 55.7 Å². The molecular weight excluding hydrogens is 450 g/mol. The average molecular weight is 476 g/mol. The van der Waals surface area contributed by atoms with Crippen LogP contribution in [-0.4, -0.2) is 25.1 Å². The fourth-order valence-corrected chi connectivity index (χ4v) is 5.86. The molecule has 9 heteroatoms. The van der Waals surface area contributed by atoms with Crippen LogP contribution in [0.4, 0.5) is 11.4 Å². The highest BCUT2D eigenvalue weighted by Crippen LogP contribution is 2.27. The van der Waals surface area contributed by atoms with E-state index >= 15 is 0 Å². The van der Waals surface area contributed by atoms with Crippen molar-refractivity contribution in [3.05, 3.63) is 70.2 Å². The molecule has 1 aromatic heterocycles. The molecule has 0 bridgehead atoms. The molecule has 0 aliphatic carbocycles. The fraction of sp³-hybridized carbons (Fsp3) is 0.273. The number of thiazole rings is 1. The number of amides is 1. The molecule has 0 aliphatic rings. The summed E-state index contributed by atoms with van der Waals surface area (Å²) in [7, 11) is -3.40. The van der Waals surface area contributed by atoms with Crippen molar-refractivity contribution < 1.29 is 13.2 Å². The third kappa shape index (κ3) is 6.56. The predicted molar refractivity (Wildman–Crippen MR) is 130 cm³/mol. The van der Waals surface area contributed by atoms with Crippen LogP contribution in [0.15, 0.2) is 52.2 Å². The van der Waals surface area contributed by atoms with Crippen molar-refractivity contribution in [2.75, 3.05) is 15.8 Å². The van der Waals surface area contributed by atoms with Crippen LogP contribution in [0, 0.1) is 13.8 Å². The van der Waals surface area contributed by atoms with Crippen LogP contribution in [0.5, 0.6) is 0 Å². The lowest BCUT2D eigenvalue weighted by Crippen LogP contribution is -2.18. The van der Waals surface area contributed by atoms with E-state index in [-0.39, 0.29) is 11.7 Å². The van der Waals surface area contributed by atoms with Gasteiger partial charge in [-0.2, -0.15) is 0 Å². The summed E-state index contributed by atoms with van der Waals surface area (Å²) in [6.45, 7) is 5.57. The highest BCUT2D eigenvalue weighted by Gasteiger charge is 2.14. The monoisotopic (exact) mass is 475 g/mol. The van der Waals surface area contributed by atoms with Gasteiger partial charge >= 0.3 is 0 Å². The van der Waals surface area contributed by atoms with Gasteiger partial charge < -0.3 is 5.32 Å². The van der Waals surface area contributed by atoms with Gasteiger partial charge in [-0.25, -0.2) is 13.4 Å². The first-order valence-electron chi connectivity index (χ1n) is 9.82. The Morgan fingerprint density at radius 2 is 1.81 bits per heavy atom. The van der Waals surface area contributed by atoms with E-state index in [1.54, 1.807) is 60.4 Å². The zero-order chi connectivity index (χ0) is 22.4. The maximum Gasteiger partial charge on any atom is 0.255 e. The number of thioether (sulfide) groups is 1. The van der Waals surface area contributed by atoms with Gasteiger partial charge in [0.25, 0.3) is 5.91 Å². The van der Waals surface area contributed by atoms with Crippen molar-refractivity contribution in [2.45, 2.75) is 37.3 Å². The van der Waals surface area contributed by atoms with E-state index in [0.717, 1.165) is 21.3 Å². The minimum Gasteiger partial charge on any atom is -0.322 e. The van der Waals surface area contributed by atoms with Crippen molar-refractivity contribution >= 4 is 50.4 Å². The molecule has 0 aliphatic heterocycles. The Labute approximate surface area is 191 Å². The lowest BCUT2D eigenvalue weighted by atomic mass is 10.1. The molecule has 31 heavy (non-hydrogen) atoms. The second kappa shape index (κ2) is 10.3. The summed E-state index contributed by atoms with van der Waals surface area (Å²) in [5.74, 6) is 0.593. The Morgan fingerprint density at radius 3 is 2.45 bits per heavy atom. The van der Waals surface area contributed by atoms with Gasteiger partial charge in [0.15, 0.2) is 0 Å². The molecule has 6 nitrogen and oxygen atoms in total. The van der Waals surface area contributed by atoms with E-state index in [9.17, 15) is 13.2 Å². The van der Waals surface area contributed by atoms with Crippen LogP contribution in [0.1, 0.15) is 40.5 Å². The Morgan fingerprint density at radius 1 is 1.10 bits per heavy atom. The normalized spacial score (nSPS) is 11.3. The van der Waals surface area contributed by atoms with Crippen LogP contribution < -0.4 is 10.0 Å². The molecular formula is C22H25N3O3S3. The number of rotatable bonds is 9. The first kappa shape index (κ1) is 23.3. The number of hydrogen-bond acceptors (Lipinski definition) is 6. The zero-order valence-corrected chi connectivity index (χ0v) is 20.1. The van der Waals surface area contributed by atoms with Gasteiger partial charge in [0.2, 0.25) is 10.0 Å². The molecule has 0 spiro atoms. The van der Waals surface area contributed by atoms with Crippen LogP contribution in [0.2, 0.25) is 0 Å². The second-order valence-electron chi connectivity index (χ2n) is 7.09. The maximum absolute atomic E-state index is 12.7. The molecule has 3 rings (SSSR count). The van der Waals surface area contributed by atoms with E-state index in [1.807, 2.05) is 31.4 Å². The smallest absolute Gasteiger partial charge is 0.255 e. The third-order valence-electron chi connectivity index (χ3n) is 4.50. The van der Waals surface area contributed by atoms with Gasteiger partial charge in [-0.1, -0.05) is 36.9 Å². The minimum atomic E-state index is -3.40. The molecule has 0 saturated carbocycles. The molecule has 164 valence electrons. The lowest BCUT2D eigenvalue weighted by Gasteiger charge is -2.14. The molecule has 0 radical (unpaired) electrons. The van der Waals surface area contributed by atoms with Crippen molar-refractivity contribution in [3.63, 3.8) is 0 Å². The number of sulfonamides is 1.